The average molecular weight is 525 g/mol. The van der Waals surface area contributed by atoms with Crippen molar-refractivity contribution in [1.29, 1.82) is 0 Å². The normalized spacial score (nSPS) is 15.5. The number of hydrogen-bond donors (Lipinski definition) is 2. The van der Waals surface area contributed by atoms with Crippen LogP contribution >= 0.6 is 11.6 Å². The summed E-state index contributed by atoms with van der Waals surface area (Å²) in [6.07, 6.45) is 4.29. The van der Waals surface area contributed by atoms with E-state index in [1.807, 2.05) is 6.92 Å². The highest BCUT2D eigenvalue weighted by Crippen LogP contribution is 2.30. The minimum atomic E-state index is -0.503. The average Bonchev–Trinajstić information content (AvgIpc) is 3.27. The van der Waals surface area contributed by atoms with Gasteiger partial charge in [0.2, 0.25) is 11.8 Å². The zero-order chi connectivity index (χ0) is 26.9. The summed E-state index contributed by atoms with van der Waals surface area (Å²) in [6, 6.07) is 3.20. The molecule has 3 aromatic rings. The molecule has 4 rings (SSSR count). The lowest BCUT2D eigenvalue weighted by Gasteiger charge is -2.32. The number of hydrogen-bond acceptors (Lipinski definition) is 7. The van der Waals surface area contributed by atoms with Crippen molar-refractivity contribution in [2.24, 2.45) is 0 Å². The monoisotopic (exact) mass is 524 g/mol. The quantitative estimate of drug-likeness (QED) is 0.472. The number of aromatic nitrogens is 4. The number of nitrogens with zero attached hydrogens (tertiary/aromatic N) is 6. The van der Waals surface area contributed by atoms with Crippen LogP contribution in [0.2, 0.25) is 5.02 Å². The Bertz CT molecular complexity index is 1400. The maximum atomic E-state index is 13.4. The van der Waals surface area contributed by atoms with Gasteiger partial charge in [-0.05, 0) is 43.0 Å². The van der Waals surface area contributed by atoms with Crippen molar-refractivity contribution in [3.8, 4) is 0 Å². The Labute approximate surface area is 219 Å². The fraction of sp³-hybridized carbons (Fsp3) is 0.360. The van der Waals surface area contributed by atoms with Gasteiger partial charge >= 0.3 is 0 Å². The Kier molecular flexibility index (Phi) is 7.44. The Hall–Kier alpha value is -3.99. The van der Waals surface area contributed by atoms with E-state index in [1.165, 1.54) is 17.3 Å². The predicted molar refractivity (Wildman–Crippen MR) is 141 cm³/mol. The second kappa shape index (κ2) is 10.6. The van der Waals surface area contributed by atoms with Crippen LogP contribution in [-0.4, -0.2) is 74.5 Å². The summed E-state index contributed by atoms with van der Waals surface area (Å²) in [5, 5.41) is 8.15. The summed E-state index contributed by atoms with van der Waals surface area (Å²) < 4.78 is 1.65. The van der Waals surface area contributed by atoms with Crippen LogP contribution in [0, 0.1) is 6.92 Å². The van der Waals surface area contributed by atoms with Crippen LogP contribution in [-0.2, 0) is 16.0 Å². The van der Waals surface area contributed by atoms with Gasteiger partial charge in [-0.3, -0.25) is 14.4 Å². The molecule has 0 bridgehead atoms. The van der Waals surface area contributed by atoms with Crippen molar-refractivity contribution in [3.63, 3.8) is 0 Å². The van der Waals surface area contributed by atoms with E-state index in [1.54, 1.807) is 35.8 Å². The van der Waals surface area contributed by atoms with Crippen molar-refractivity contribution in [2.45, 2.75) is 32.2 Å². The number of carbonyl (C=O) groups is 3. The molecule has 1 aromatic carbocycles. The molecule has 1 aliphatic heterocycles. The first-order valence-corrected chi connectivity index (χ1v) is 12.2. The van der Waals surface area contributed by atoms with Gasteiger partial charge in [0.1, 0.15) is 12.1 Å². The lowest BCUT2D eigenvalue weighted by Crippen LogP contribution is -2.40. The summed E-state index contributed by atoms with van der Waals surface area (Å²) in [7, 11) is 3.36. The highest BCUT2D eigenvalue weighted by atomic mass is 35.5. The number of halogens is 1. The molecule has 3 amide bonds. The number of piperidine rings is 1. The Balaban J connectivity index is 1.66. The molecule has 37 heavy (non-hydrogen) atoms. The number of benzene rings is 1. The van der Waals surface area contributed by atoms with E-state index in [2.05, 4.69) is 27.0 Å². The number of rotatable bonds is 6. The number of likely N-dealkylation sites (N-methyl/N-ethyl adjacent to an activating group) is 1. The van der Waals surface area contributed by atoms with Gasteiger partial charge < -0.3 is 20.9 Å². The largest absolute Gasteiger partial charge is 0.383 e. The second-order valence-corrected chi connectivity index (χ2v) is 9.62. The Morgan fingerprint density at radius 2 is 2.05 bits per heavy atom. The number of likely N-dealkylation sites (tertiary alicyclic amines) is 1. The van der Waals surface area contributed by atoms with Crippen molar-refractivity contribution < 1.29 is 14.4 Å². The van der Waals surface area contributed by atoms with Gasteiger partial charge in [0.25, 0.3) is 5.91 Å². The van der Waals surface area contributed by atoms with Gasteiger partial charge in [-0.25, -0.2) is 14.6 Å². The summed E-state index contributed by atoms with van der Waals surface area (Å²) >= 11 is 6.44. The van der Waals surface area contributed by atoms with Crippen LogP contribution in [0.4, 0.5) is 11.5 Å². The van der Waals surface area contributed by atoms with Crippen LogP contribution in [0.15, 0.2) is 31.1 Å². The zero-order valence-corrected chi connectivity index (χ0v) is 21.7. The van der Waals surface area contributed by atoms with Gasteiger partial charge in [0.15, 0.2) is 11.3 Å². The van der Waals surface area contributed by atoms with Crippen LogP contribution in [0.1, 0.15) is 40.5 Å². The first-order valence-electron chi connectivity index (χ1n) is 11.8. The first kappa shape index (κ1) is 26.1. The molecular formula is C25H29ClN8O3. The topological polar surface area (TPSA) is 139 Å². The third kappa shape index (κ3) is 5.26. The molecule has 1 fully saturated rings. The first-order chi connectivity index (χ1) is 17.6. The van der Waals surface area contributed by atoms with Crippen molar-refractivity contribution in [2.75, 3.05) is 38.2 Å². The summed E-state index contributed by atoms with van der Waals surface area (Å²) in [4.78, 5) is 49.3. The number of amides is 3. The third-order valence-corrected chi connectivity index (χ3v) is 6.80. The predicted octanol–water partition coefficient (Wildman–Crippen LogP) is 2.60. The molecule has 1 unspecified atom stereocenters. The van der Waals surface area contributed by atoms with Gasteiger partial charge in [-0.2, -0.15) is 5.10 Å². The third-order valence-electron chi connectivity index (χ3n) is 6.44. The van der Waals surface area contributed by atoms with Gasteiger partial charge in [0, 0.05) is 37.9 Å². The van der Waals surface area contributed by atoms with Crippen molar-refractivity contribution >= 4 is 51.9 Å². The number of nitrogens with two attached hydrogens (primary N) is 1. The number of nitrogen functional groups attached to an aromatic ring is 1. The number of nitrogens with one attached hydrogen (secondary N) is 1. The Morgan fingerprint density at radius 3 is 2.76 bits per heavy atom. The van der Waals surface area contributed by atoms with Crippen LogP contribution in [0.25, 0.3) is 11.0 Å². The SMILES string of the molecule is C=CC(=O)N1CCCC(n2nc(C(=O)Nc3cc(Cl)c(CC(=O)N(C)C)cc3C)c3c(N)ncnc32)C1. The van der Waals surface area contributed by atoms with Crippen molar-refractivity contribution in [1.82, 2.24) is 29.5 Å². The maximum absolute atomic E-state index is 13.4. The number of anilines is 2. The minimum absolute atomic E-state index is 0.0719. The van der Waals surface area contributed by atoms with E-state index in [-0.39, 0.29) is 35.8 Å². The molecule has 194 valence electrons. The molecule has 1 atom stereocenters. The molecule has 3 heterocycles. The van der Waals surface area contributed by atoms with E-state index >= 15 is 0 Å². The molecular weight excluding hydrogens is 496 g/mol. The highest BCUT2D eigenvalue weighted by Gasteiger charge is 2.29. The summed E-state index contributed by atoms with van der Waals surface area (Å²) in [5.41, 5.74) is 8.53. The van der Waals surface area contributed by atoms with Crippen LogP contribution in [0.5, 0.6) is 0 Å². The molecule has 3 N–H and O–H groups in total. The molecule has 12 heteroatoms. The highest BCUT2D eigenvalue weighted by molar-refractivity contribution is 6.32. The lowest BCUT2D eigenvalue weighted by atomic mass is 10.1. The van der Waals surface area contributed by atoms with Gasteiger partial charge in [-0.1, -0.05) is 24.2 Å². The molecule has 2 aromatic heterocycles. The maximum Gasteiger partial charge on any atom is 0.277 e. The van der Waals surface area contributed by atoms with E-state index in [4.69, 9.17) is 17.3 Å². The fourth-order valence-electron chi connectivity index (χ4n) is 4.41. The zero-order valence-electron chi connectivity index (χ0n) is 21.0. The van der Waals surface area contributed by atoms with Gasteiger partial charge in [-0.15, -0.1) is 0 Å². The molecule has 11 nitrogen and oxygen atoms in total. The van der Waals surface area contributed by atoms with E-state index in [0.717, 1.165) is 18.4 Å². The second-order valence-electron chi connectivity index (χ2n) is 9.21. The van der Waals surface area contributed by atoms with Crippen LogP contribution < -0.4 is 11.1 Å². The molecule has 0 saturated carbocycles. The molecule has 0 radical (unpaired) electrons. The number of aryl methyl sites for hydroxylation is 1. The minimum Gasteiger partial charge on any atom is -0.383 e. The van der Waals surface area contributed by atoms with E-state index < -0.39 is 5.91 Å². The fourth-order valence-corrected chi connectivity index (χ4v) is 4.64. The summed E-state index contributed by atoms with van der Waals surface area (Å²) in [6.45, 7) is 6.42. The number of fused-ring (bicyclic) bond motifs is 1. The van der Waals surface area contributed by atoms with Crippen molar-refractivity contribution in [3.05, 3.63) is 53.0 Å². The smallest absolute Gasteiger partial charge is 0.277 e. The standard InChI is InChI=1S/C25H29ClN8O3/c1-5-19(35)33-8-6-7-16(12-33)34-24-21(23(27)28-13-29-24)22(31-34)25(37)30-18-11-17(26)15(9-14(18)2)10-20(36)32(3)4/h5,9,11,13,16H,1,6-8,10,12H2,2-4H3,(H,30,37)(H2,27,28,29). The lowest BCUT2D eigenvalue weighted by molar-refractivity contribution is -0.128. The summed E-state index contributed by atoms with van der Waals surface area (Å²) in [5.74, 6) is -0.613. The van der Waals surface area contributed by atoms with E-state index in [9.17, 15) is 14.4 Å². The van der Waals surface area contributed by atoms with E-state index in [0.29, 0.717) is 40.4 Å². The molecule has 0 spiro atoms. The molecule has 1 aliphatic rings. The van der Waals surface area contributed by atoms with Crippen LogP contribution in [0.3, 0.4) is 0 Å². The molecule has 1 saturated heterocycles. The number of carbonyl (C=O) groups excluding carboxylic acids is 3. The molecule has 0 aliphatic carbocycles. The van der Waals surface area contributed by atoms with Gasteiger partial charge in [0.05, 0.1) is 17.8 Å². The Morgan fingerprint density at radius 1 is 1.30 bits per heavy atom.